The van der Waals surface area contributed by atoms with Crippen LogP contribution in [0, 0.1) is 23.2 Å². The Balaban J connectivity index is 0.00000242. The molecule has 0 aromatic heterocycles. The predicted molar refractivity (Wildman–Crippen MR) is 95.4 cm³/mol. The van der Waals surface area contributed by atoms with E-state index < -0.39 is 0 Å². The standard InChI is InChI=1S/C18H34N2O.ClH/c1-14(2)11-18(7-5-8-18)13-20-17(21)10-15(3)16-6-4-9-19-12-16;/h14-16,19H,4-13H2,1-3H3,(H,20,21);1H. The van der Waals surface area contributed by atoms with Gasteiger partial charge in [-0.1, -0.05) is 27.2 Å². The average Bonchev–Trinajstić information content (AvgIpc) is 2.42. The number of amides is 1. The molecule has 0 radical (unpaired) electrons. The normalized spacial score (nSPS) is 25.0. The molecule has 2 aliphatic rings. The molecule has 0 aromatic rings. The number of rotatable bonds is 7. The molecule has 0 bridgehead atoms. The minimum absolute atomic E-state index is 0. The van der Waals surface area contributed by atoms with Gasteiger partial charge in [-0.15, -0.1) is 12.4 Å². The Labute approximate surface area is 142 Å². The van der Waals surface area contributed by atoms with Crippen LogP contribution in [0.15, 0.2) is 0 Å². The summed E-state index contributed by atoms with van der Waals surface area (Å²) in [6.07, 6.45) is 8.43. The Morgan fingerprint density at radius 3 is 2.50 bits per heavy atom. The maximum atomic E-state index is 12.2. The van der Waals surface area contributed by atoms with Crippen molar-refractivity contribution < 1.29 is 4.79 Å². The first kappa shape index (κ1) is 19.8. The monoisotopic (exact) mass is 330 g/mol. The number of hydrogen-bond donors (Lipinski definition) is 2. The summed E-state index contributed by atoms with van der Waals surface area (Å²) in [7, 11) is 0. The van der Waals surface area contributed by atoms with Crippen LogP contribution in [0.3, 0.4) is 0 Å². The van der Waals surface area contributed by atoms with E-state index in [-0.39, 0.29) is 18.3 Å². The van der Waals surface area contributed by atoms with Crippen LogP contribution in [0.1, 0.15) is 65.7 Å². The number of carbonyl (C=O) groups excluding carboxylic acids is 1. The third kappa shape index (κ3) is 5.73. The topological polar surface area (TPSA) is 41.1 Å². The molecule has 2 rings (SSSR count). The number of carbonyl (C=O) groups is 1. The van der Waals surface area contributed by atoms with E-state index in [2.05, 4.69) is 31.4 Å². The van der Waals surface area contributed by atoms with E-state index >= 15 is 0 Å². The quantitative estimate of drug-likeness (QED) is 0.746. The molecule has 2 unspecified atom stereocenters. The second-order valence-electron chi connectivity index (χ2n) is 8.02. The maximum Gasteiger partial charge on any atom is 0.220 e. The summed E-state index contributed by atoms with van der Waals surface area (Å²) >= 11 is 0. The Bertz CT molecular complexity index is 336. The third-order valence-corrected chi connectivity index (χ3v) is 5.56. The van der Waals surface area contributed by atoms with Crippen molar-refractivity contribution >= 4 is 18.3 Å². The summed E-state index contributed by atoms with van der Waals surface area (Å²) in [6, 6.07) is 0. The molecule has 1 saturated heterocycles. The Morgan fingerprint density at radius 1 is 1.27 bits per heavy atom. The number of piperidine rings is 1. The van der Waals surface area contributed by atoms with E-state index in [0.717, 1.165) is 25.6 Å². The highest BCUT2D eigenvalue weighted by molar-refractivity contribution is 5.85. The van der Waals surface area contributed by atoms with Gasteiger partial charge in [0.1, 0.15) is 0 Å². The second-order valence-corrected chi connectivity index (χ2v) is 8.02. The van der Waals surface area contributed by atoms with Crippen LogP contribution in [0.2, 0.25) is 0 Å². The lowest BCUT2D eigenvalue weighted by molar-refractivity contribution is -0.123. The van der Waals surface area contributed by atoms with Crippen LogP contribution in [-0.4, -0.2) is 25.5 Å². The summed E-state index contributed by atoms with van der Waals surface area (Å²) in [5.41, 5.74) is 0.416. The lowest BCUT2D eigenvalue weighted by Crippen LogP contribution is -2.43. The van der Waals surface area contributed by atoms with Crippen molar-refractivity contribution in [1.29, 1.82) is 0 Å². The smallest absolute Gasteiger partial charge is 0.220 e. The van der Waals surface area contributed by atoms with E-state index in [9.17, 15) is 4.79 Å². The summed E-state index contributed by atoms with van der Waals surface area (Å²) in [4.78, 5) is 12.2. The van der Waals surface area contributed by atoms with E-state index in [1.807, 2.05) is 0 Å². The number of halogens is 1. The molecule has 0 spiro atoms. The molecule has 22 heavy (non-hydrogen) atoms. The SMILES string of the molecule is CC(C)CC1(CNC(=O)CC(C)C2CCCNC2)CCC1.Cl. The molecule has 2 atom stereocenters. The summed E-state index contributed by atoms with van der Waals surface area (Å²) < 4.78 is 0. The molecule has 1 aliphatic heterocycles. The van der Waals surface area contributed by atoms with E-state index in [4.69, 9.17) is 0 Å². The third-order valence-electron chi connectivity index (χ3n) is 5.56. The van der Waals surface area contributed by atoms with Gasteiger partial charge in [-0.2, -0.15) is 0 Å². The molecule has 1 aliphatic carbocycles. The number of nitrogens with one attached hydrogen (secondary N) is 2. The lowest BCUT2D eigenvalue weighted by atomic mass is 9.64. The fraction of sp³-hybridized carbons (Fsp3) is 0.944. The van der Waals surface area contributed by atoms with Crippen LogP contribution in [0.4, 0.5) is 0 Å². The van der Waals surface area contributed by atoms with Crippen molar-refractivity contribution in [3.63, 3.8) is 0 Å². The molecular formula is C18H35ClN2O. The lowest BCUT2D eigenvalue weighted by Gasteiger charge is -2.43. The first-order valence-corrected chi connectivity index (χ1v) is 8.98. The van der Waals surface area contributed by atoms with Crippen molar-refractivity contribution in [2.45, 2.75) is 65.7 Å². The molecule has 2 fully saturated rings. The van der Waals surface area contributed by atoms with Gasteiger partial charge in [0.15, 0.2) is 0 Å². The minimum Gasteiger partial charge on any atom is -0.356 e. The Morgan fingerprint density at radius 2 is 2.00 bits per heavy atom. The molecule has 3 nitrogen and oxygen atoms in total. The molecule has 1 amide bonds. The van der Waals surface area contributed by atoms with Crippen molar-refractivity contribution in [3.05, 3.63) is 0 Å². The summed E-state index contributed by atoms with van der Waals surface area (Å²) in [5, 5.41) is 6.69. The highest BCUT2D eigenvalue weighted by Crippen LogP contribution is 2.45. The van der Waals surface area contributed by atoms with Crippen molar-refractivity contribution in [2.75, 3.05) is 19.6 Å². The van der Waals surface area contributed by atoms with Gasteiger partial charge in [0.2, 0.25) is 5.91 Å². The molecule has 4 heteroatoms. The van der Waals surface area contributed by atoms with Crippen molar-refractivity contribution in [3.8, 4) is 0 Å². The van der Waals surface area contributed by atoms with Crippen molar-refractivity contribution in [2.24, 2.45) is 23.2 Å². The van der Waals surface area contributed by atoms with Gasteiger partial charge >= 0.3 is 0 Å². The average molecular weight is 331 g/mol. The van der Waals surface area contributed by atoms with Crippen LogP contribution in [0.25, 0.3) is 0 Å². The van der Waals surface area contributed by atoms with E-state index in [1.165, 1.54) is 38.5 Å². The Kier molecular flexibility index (Phi) is 8.20. The van der Waals surface area contributed by atoms with E-state index in [0.29, 0.717) is 23.7 Å². The highest BCUT2D eigenvalue weighted by Gasteiger charge is 2.37. The zero-order valence-electron chi connectivity index (χ0n) is 14.6. The van der Waals surface area contributed by atoms with Crippen LogP contribution >= 0.6 is 12.4 Å². The Hall–Kier alpha value is -0.280. The van der Waals surface area contributed by atoms with Crippen LogP contribution in [-0.2, 0) is 4.79 Å². The maximum absolute atomic E-state index is 12.2. The second kappa shape index (κ2) is 9.12. The molecular weight excluding hydrogens is 296 g/mol. The van der Waals surface area contributed by atoms with Crippen LogP contribution < -0.4 is 10.6 Å². The van der Waals surface area contributed by atoms with Gasteiger partial charge in [-0.05, 0) is 68.4 Å². The van der Waals surface area contributed by atoms with Gasteiger partial charge in [-0.25, -0.2) is 0 Å². The van der Waals surface area contributed by atoms with Gasteiger partial charge in [0.25, 0.3) is 0 Å². The first-order chi connectivity index (χ1) is 10.0. The van der Waals surface area contributed by atoms with Gasteiger partial charge in [0, 0.05) is 13.0 Å². The fourth-order valence-corrected chi connectivity index (χ4v) is 4.18. The minimum atomic E-state index is 0. The zero-order valence-corrected chi connectivity index (χ0v) is 15.4. The molecule has 2 N–H and O–H groups in total. The molecule has 1 heterocycles. The predicted octanol–water partition coefficient (Wildman–Crippen LogP) is 3.77. The first-order valence-electron chi connectivity index (χ1n) is 8.98. The molecule has 130 valence electrons. The van der Waals surface area contributed by atoms with E-state index in [1.54, 1.807) is 0 Å². The summed E-state index contributed by atoms with van der Waals surface area (Å²) in [6.45, 7) is 9.96. The molecule has 0 aromatic carbocycles. The van der Waals surface area contributed by atoms with Gasteiger partial charge in [-0.3, -0.25) is 4.79 Å². The zero-order chi connectivity index (χ0) is 15.3. The van der Waals surface area contributed by atoms with Gasteiger partial charge < -0.3 is 10.6 Å². The molecule has 1 saturated carbocycles. The van der Waals surface area contributed by atoms with Crippen LogP contribution in [0.5, 0.6) is 0 Å². The van der Waals surface area contributed by atoms with Crippen molar-refractivity contribution in [1.82, 2.24) is 10.6 Å². The fourth-order valence-electron chi connectivity index (χ4n) is 4.18. The van der Waals surface area contributed by atoms with Gasteiger partial charge in [0.05, 0.1) is 0 Å². The number of hydrogen-bond acceptors (Lipinski definition) is 2. The highest BCUT2D eigenvalue weighted by atomic mass is 35.5. The summed E-state index contributed by atoms with van der Waals surface area (Å²) in [5.74, 6) is 2.18. The largest absolute Gasteiger partial charge is 0.356 e.